The molecule has 1 aromatic carbocycles. The van der Waals surface area contributed by atoms with Crippen LogP contribution in [0.5, 0.6) is 5.75 Å². The van der Waals surface area contributed by atoms with Gasteiger partial charge < -0.3 is 4.74 Å². The Morgan fingerprint density at radius 3 is 2.60 bits per heavy atom. The molecule has 0 radical (unpaired) electrons. The van der Waals surface area contributed by atoms with Crippen LogP contribution in [-0.2, 0) is 15.6 Å². The molecule has 0 fully saturated rings. The highest BCUT2D eigenvalue weighted by Crippen LogP contribution is 2.26. The number of benzene rings is 1. The standard InChI is InChI=1S/C10H13BrO3S/c1-3-15(12,13)7-8-4-5-9(11)10(6-8)14-2/h4-6H,3,7H2,1-2H3. The highest BCUT2D eigenvalue weighted by atomic mass is 79.9. The minimum absolute atomic E-state index is 0.0626. The van der Waals surface area contributed by atoms with Crippen molar-refractivity contribution in [2.24, 2.45) is 0 Å². The zero-order valence-electron chi connectivity index (χ0n) is 8.66. The van der Waals surface area contributed by atoms with Crippen molar-refractivity contribution in [3.63, 3.8) is 0 Å². The predicted octanol–water partition coefficient (Wildman–Crippen LogP) is 2.39. The maximum atomic E-state index is 11.4. The highest BCUT2D eigenvalue weighted by molar-refractivity contribution is 9.10. The van der Waals surface area contributed by atoms with E-state index in [1.54, 1.807) is 32.2 Å². The fourth-order valence-corrected chi connectivity index (χ4v) is 2.45. The summed E-state index contributed by atoms with van der Waals surface area (Å²) in [5.74, 6) is 0.872. The van der Waals surface area contributed by atoms with Gasteiger partial charge in [0, 0.05) is 5.75 Å². The predicted molar refractivity (Wildman–Crippen MR) is 63.9 cm³/mol. The lowest BCUT2D eigenvalue weighted by atomic mass is 10.2. The molecule has 84 valence electrons. The van der Waals surface area contributed by atoms with Crippen molar-refractivity contribution in [1.29, 1.82) is 0 Å². The van der Waals surface area contributed by atoms with E-state index in [4.69, 9.17) is 4.74 Å². The van der Waals surface area contributed by atoms with E-state index in [0.717, 1.165) is 10.0 Å². The Kier molecular flexibility index (Phi) is 4.16. The van der Waals surface area contributed by atoms with Crippen LogP contribution in [0.3, 0.4) is 0 Å². The summed E-state index contributed by atoms with van der Waals surface area (Å²) in [7, 11) is -1.43. The van der Waals surface area contributed by atoms with Crippen LogP contribution in [0.15, 0.2) is 22.7 Å². The molecule has 0 aliphatic rings. The van der Waals surface area contributed by atoms with Crippen LogP contribution in [0.1, 0.15) is 12.5 Å². The third-order valence-electron chi connectivity index (χ3n) is 2.04. The Morgan fingerprint density at radius 1 is 1.40 bits per heavy atom. The molecule has 5 heteroatoms. The molecule has 0 unspecified atom stereocenters. The van der Waals surface area contributed by atoms with E-state index in [1.165, 1.54) is 0 Å². The topological polar surface area (TPSA) is 43.4 Å². The van der Waals surface area contributed by atoms with E-state index in [1.807, 2.05) is 0 Å². The molecule has 0 heterocycles. The third-order valence-corrected chi connectivity index (χ3v) is 4.35. The number of methoxy groups -OCH3 is 1. The van der Waals surface area contributed by atoms with E-state index in [-0.39, 0.29) is 11.5 Å². The smallest absolute Gasteiger partial charge is 0.154 e. The minimum Gasteiger partial charge on any atom is -0.496 e. The molecule has 0 saturated carbocycles. The first-order valence-corrected chi connectivity index (χ1v) is 7.13. The van der Waals surface area contributed by atoms with Crippen LogP contribution in [0, 0.1) is 0 Å². The van der Waals surface area contributed by atoms with Gasteiger partial charge in [-0.3, -0.25) is 0 Å². The van der Waals surface area contributed by atoms with Crippen molar-refractivity contribution < 1.29 is 13.2 Å². The summed E-state index contributed by atoms with van der Waals surface area (Å²) in [6.07, 6.45) is 0. The number of hydrogen-bond acceptors (Lipinski definition) is 3. The van der Waals surface area contributed by atoms with Gasteiger partial charge in [0.25, 0.3) is 0 Å². The molecule has 0 saturated heterocycles. The normalized spacial score (nSPS) is 11.4. The second-order valence-corrected chi connectivity index (χ2v) is 6.35. The molecule has 1 rings (SSSR count). The zero-order valence-corrected chi connectivity index (χ0v) is 11.1. The summed E-state index contributed by atoms with van der Waals surface area (Å²) < 4.78 is 28.7. The van der Waals surface area contributed by atoms with E-state index in [9.17, 15) is 8.42 Å². The molecular formula is C10H13BrO3S. The minimum atomic E-state index is -2.98. The van der Waals surface area contributed by atoms with Crippen molar-refractivity contribution in [1.82, 2.24) is 0 Å². The van der Waals surface area contributed by atoms with Gasteiger partial charge in [0.15, 0.2) is 9.84 Å². The second kappa shape index (κ2) is 4.99. The van der Waals surface area contributed by atoms with Crippen LogP contribution >= 0.6 is 15.9 Å². The van der Waals surface area contributed by atoms with Crippen LogP contribution < -0.4 is 4.74 Å². The van der Waals surface area contributed by atoms with E-state index in [2.05, 4.69) is 15.9 Å². The molecule has 0 aliphatic heterocycles. The number of hydrogen-bond donors (Lipinski definition) is 0. The quantitative estimate of drug-likeness (QED) is 0.856. The molecule has 0 spiro atoms. The molecule has 0 amide bonds. The van der Waals surface area contributed by atoms with Crippen molar-refractivity contribution in [2.45, 2.75) is 12.7 Å². The van der Waals surface area contributed by atoms with Gasteiger partial charge >= 0.3 is 0 Å². The monoisotopic (exact) mass is 292 g/mol. The van der Waals surface area contributed by atoms with Crippen molar-refractivity contribution in [3.05, 3.63) is 28.2 Å². The molecular weight excluding hydrogens is 280 g/mol. The fraction of sp³-hybridized carbons (Fsp3) is 0.400. The van der Waals surface area contributed by atoms with Gasteiger partial charge in [-0.2, -0.15) is 0 Å². The Labute approximate surface area is 98.5 Å². The fourth-order valence-electron chi connectivity index (χ4n) is 1.15. The van der Waals surface area contributed by atoms with E-state index < -0.39 is 9.84 Å². The second-order valence-electron chi connectivity index (χ2n) is 3.15. The van der Waals surface area contributed by atoms with Crippen LogP contribution in [0.2, 0.25) is 0 Å². The van der Waals surface area contributed by atoms with E-state index >= 15 is 0 Å². The lowest BCUT2D eigenvalue weighted by molar-refractivity contribution is 0.412. The first-order valence-electron chi connectivity index (χ1n) is 4.51. The Bertz CT molecular complexity index is 440. The molecule has 15 heavy (non-hydrogen) atoms. The van der Waals surface area contributed by atoms with E-state index in [0.29, 0.717) is 5.75 Å². The third kappa shape index (κ3) is 3.50. The Balaban J connectivity index is 2.98. The number of halogens is 1. The summed E-state index contributed by atoms with van der Waals surface area (Å²) in [6.45, 7) is 1.64. The van der Waals surface area contributed by atoms with Gasteiger partial charge in [0.2, 0.25) is 0 Å². The first kappa shape index (κ1) is 12.5. The number of ether oxygens (including phenoxy) is 1. The van der Waals surface area contributed by atoms with Crippen LogP contribution in [-0.4, -0.2) is 21.3 Å². The molecule has 1 aromatic rings. The summed E-state index contributed by atoms with van der Waals surface area (Å²) in [6, 6.07) is 5.30. The highest BCUT2D eigenvalue weighted by Gasteiger charge is 2.10. The summed E-state index contributed by atoms with van der Waals surface area (Å²) in [5.41, 5.74) is 0.747. The van der Waals surface area contributed by atoms with Gasteiger partial charge in [-0.15, -0.1) is 0 Å². The number of rotatable bonds is 4. The summed E-state index contributed by atoms with van der Waals surface area (Å²) in [5, 5.41) is 0. The SMILES string of the molecule is CCS(=O)(=O)Cc1ccc(Br)c(OC)c1. The maximum absolute atomic E-state index is 11.4. The van der Waals surface area contributed by atoms with Gasteiger partial charge in [0.1, 0.15) is 5.75 Å². The first-order chi connectivity index (χ1) is 6.98. The lowest BCUT2D eigenvalue weighted by Gasteiger charge is -2.06. The Morgan fingerprint density at radius 2 is 2.07 bits per heavy atom. The molecule has 0 aliphatic carbocycles. The van der Waals surface area contributed by atoms with Crippen LogP contribution in [0.4, 0.5) is 0 Å². The molecule has 3 nitrogen and oxygen atoms in total. The van der Waals surface area contributed by atoms with Gasteiger partial charge in [-0.05, 0) is 33.6 Å². The molecule has 0 aromatic heterocycles. The van der Waals surface area contributed by atoms with Crippen molar-refractivity contribution in [2.75, 3.05) is 12.9 Å². The largest absolute Gasteiger partial charge is 0.496 e. The summed E-state index contributed by atoms with van der Waals surface area (Å²) in [4.78, 5) is 0. The van der Waals surface area contributed by atoms with Crippen molar-refractivity contribution in [3.8, 4) is 5.75 Å². The molecule has 0 bridgehead atoms. The zero-order chi connectivity index (χ0) is 11.5. The molecule has 0 N–H and O–H groups in total. The Hall–Kier alpha value is -0.550. The average Bonchev–Trinajstić information content (AvgIpc) is 2.20. The average molecular weight is 293 g/mol. The molecule has 0 atom stereocenters. The van der Waals surface area contributed by atoms with Gasteiger partial charge in [-0.1, -0.05) is 13.0 Å². The number of sulfone groups is 1. The lowest BCUT2D eigenvalue weighted by Crippen LogP contribution is -2.06. The van der Waals surface area contributed by atoms with Gasteiger partial charge in [-0.25, -0.2) is 8.42 Å². The summed E-state index contributed by atoms with van der Waals surface area (Å²) >= 11 is 3.31. The maximum Gasteiger partial charge on any atom is 0.154 e. The van der Waals surface area contributed by atoms with Gasteiger partial charge in [0.05, 0.1) is 17.3 Å². The van der Waals surface area contributed by atoms with Crippen LogP contribution in [0.25, 0.3) is 0 Å². The van der Waals surface area contributed by atoms with Crippen molar-refractivity contribution >= 4 is 25.8 Å².